The lowest BCUT2D eigenvalue weighted by atomic mass is 9.72. The molecule has 0 spiro atoms. The van der Waals surface area contributed by atoms with Gasteiger partial charge < -0.3 is 14.0 Å². The molecule has 1 unspecified atom stereocenters. The van der Waals surface area contributed by atoms with Crippen molar-refractivity contribution in [2.24, 2.45) is 22.7 Å². The number of fused-ring (bicyclic) bond motifs is 1. The third-order valence-electron chi connectivity index (χ3n) is 9.88. The zero-order valence-corrected chi connectivity index (χ0v) is 25.9. The lowest BCUT2D eigenvalue weighted by molar-refractivity contribution is -0.121. The van der Waals surface area contributed by atoms with E-state index in [0.29, 0.717) is 31.1 Å². The summed E-state index contributed by atoms with van der Waals surface area (Å²) < 4.78 is 12.9. The maximum atomic E-state index is 13.0. The summed E-state index contributed by atoms with van der Waals surface area (Å²) in [7, 11) is -3.67. The van der Waals surface area contributed by atoms with Gasteiger partial charge in [0.2, 0.25) is 0 Å². The largest absolute Gasteiger partial charge is 0.416 e. The Morgan fingerprint density at radius 1 is 0.970 bits per heavy atom. The first-order valence-electron chi connectivity index (χ1n) is 13.1. The van der Waals surface area contributed by atoms with Crippen LogP contribution in [0.1, 0.15) is 87.5 Å². The van der Waals surface area contributed by atoms with Gasteiger partial charge in [-0.3, -0.25) is 4.79 Å². The van der Waals surface area contributed by atoms with Gasteiger partial charge in [-0.2, -0.15) is 0 Å². The first kappa shape index (κ1) is 29.2. The van der Waals surface area contributed by atoms with Crippen LogP contribution in [0.25, 0.3) is 0 Å². The van der Waals surface area contributed by atoms with E-state index in [1.54, 1.807) is 0 Å². The van der Waals surface area contributed by atoms with Crippen molar-refractivity contribution in [3.8, 4) is 0 Å². The number of carbonyl (C=O) groups excluding carboxylic acids is 1. The van der Waals surface area contributed by atoms with Crippen LogP contribution in [0.15, 0.2) is 0 Å². The molecule has 33 heavy (non-hydrogen) atoms. The number of aliphatic hydroxyl groups is 1. The highest BCUT2D eigenvalue weighted by atomic mass is 28.4. The molecule has 0 heterocycles. The van der Waals surface area contributed by atoms with Crippen LogP contribution in [0, 0.1) is 22.7 Å². The molecule has 6 heteroatoms. The van der Waals surface area contributed by atoms with E-state index in [2.05, 4.69) is 81.6 Å². The van der Waals surface area contributed by atoms with E-state index < -0.39 is 22.7 Å². The minimum absolute atomic E-state index is 0.0194. The van der Waals surface area contributed by atoms with Gasteiger partial charge in [-0.1, -0.05) is 55.4 Å². The van der Waals surface area contributed by atoms with Gasteiger partial charge in [-0.25, -0.2) is 0 Å². The molecule has 2 saturated carbocycles. The Morgan fingerprint density at radius 2 is 1.48 bits per heavy atom. The van der Waals surface area contributed by atoms with E-state index in [-0.39, 0.29) is 26.8 Å². The van der Waals surface area contributed by atoms with Crippen molar-refractivity contribution in [2.45, 2.75) is 130 Å². The van der Waals surface area contributed by atoms with Gasteiger partial charge in [0.1, 0.15) is 5.78 Å². The maximum absolute atomic E-state index is 13.0. The summed E-state index contributed by atoms with van der Waals surface area (Å²) in [5.41, 5.74) is 0.0562. The van der Waals surface area contributed by atoms with Crippen LogP contribution in [0.5, 0.6) is 0 Å². The van der Waals surface area contributed by atoms with Crippen molar-refractivity contribution in [1.29, 1.82) is 0 Å². The van der Waals surface area contributed by atoms with Crippen molar-refractivity contribution in [2.75, 3.05) is 13.2 Å². The van der Waals surface area contributed by atoms with E-state index in [1.165, 1.54) is 0 Å². The van der Waals surface area contributed by atoms with Crippen LogP contribution in [-0.4, -0.2) is 46.8 Å². The smallest absolute Gasteiger partial charge is 0.192 e. The van der Waals surface area contributed by atoms with Crippen molar-refractivity contribution in [1.82, 2.24) is 0 Å². The number of rotatable bonds is 9. The zero-order chi connectivity index (χ0) is 25.7. The quantitative estimate of drug-likeness (QED) is 0.342. The number of aliphatic hydroxyl groups excluding tert-OH is 1. The van der Waals surface area contributed by atoms with Crippen molar-refractivity contribution >= 4 is 22.4 Å². The Morgan fingerprint density at radius 3 is 2.00 bits per heavy atom. The molecule has 0 aromatic rings. The van der Waals surface area contributed by atoms with Gasteiger partial charge in [0, 0.05) is 18.9 Å². The van der Waals surface area contributed by atoms with Crippen LogP contribution >= 0.6 is 0 Å². The normalized spacial score (nSPS) is 32.3. The van der Waals surface area contributed by atoms with Crippen molar-refractivity contribution < 1.29 is 18.8 Å². The molecule has 2 aliphatic carbocycles. The molecule has 0 bridgehead atoms. The molecule has 0 radical (unpaired) electrons. The molecule has 0 amide bonds. The van der Waals surface area contributed by atoms with E-state index in [1.807, 2.05) is 0 Å². The number of hydrogen-bond acceptors (Lipinski definition) is 4. The molecule has 0 aromatic carbocycles. The molecular formula is C27H54O4Si2. The molecule has 2 rings (SSSR count). The van der Waals surface area contributed by atoms with Gasteiger partial charge in [0.15, 0.2) is 16.6 Å². The second-order valence-corrected chi connectivity index (χ2v) is 24.7. The Kier molecular flexibility index (Phi) is 8.37. The number of hydrogen-bond donors (Lipinski definition) is 1. The number of carbonyl (C=O) groups is 1. The topological polar surface area (TPSA) is 55.8 Å². The molecule has 2 fully saturated rings. The van der Waals surface area contributed by atoms with Crippen LogP contribution in [0.2, 0.25) is 36.3 Å². The average molecular weight is 499 g/mol. The Bertz CT molecular complexity index is 706. The predicted molar refractivity (Wildman–Crippen MR) is 144 cm³/mol. The third kappa shape index (κ3) is 6.60. The fourth-order valence-corrected chi connectivity index (χ4v) is 7.41. The molecule has 194 valence electrons. The van der Waals surface area contributed by atoms with Crippen molar-refractivity contribution in [3.63, 3.8) is 0 Å². The molecule has 1 N–H and O–H groups in total. The summed E-state index contributed by atoms with van der Waals surface area (Å²) in [6.07, 6.45) is 3.82. The second-order valence-electron chi connectivity index (χ2n) is 15.0. The van der Waals surface area contributed by atoms with Gasteiger partial charge in [-0.15, -0.1) is 0 Å². The summed E-state index contributed by atoms with van der Waals surface area (Å²) in [6, 6.07) is 0. The minimum Gasteiger partial charge on any atom is -0.416 e. The van der Waals surface area contributed by atoms with E-state index in [0.717, 1.165) is 25.9 Å². The standard InChI is InChI=1S/C27H54O4Si2/c1-24(2,3)32(9,10)30-18-20(28)13-14-27(8)17-23(29)21-15-26(7,16-22(21)27)19-31-33(11,12)25(4,5)6/h20-22,28H,13-19H2,1-12H3/t20?,21-,22+,26+,27+/m0/s1. The number of Topliss-reactive ketones (excluding diaryl/α,β-unsaturated/α-hetero) is 1. The average Bonchev–Trinajstić information content (AvgIpc) is 3.10. The zero-order valence-electron chi connectivity index (χ0n) is 23.9. The summed E-state index contributed by atoms with van der Waals surface area (Å²) in [4.78, 5) is 13.0. The SMILES string of the molecule is CC(C)(C)[Si](C)(C)OCC(O)CC[C@]1(C)CC(=O)[C@H]2C[C@@](C)(CO[Si](C)(C)C(C)(C)C)C[C@H]21. The summed E-state index contributed by atoms with van der Waals surface area (Å²) in [6.45, 7) is 28.4. The minimum atomic E-state index is -1.86. The highest BCUT2D eigenvalue weighted by Gasteiger charge is 2.58. The molecule has 0 aromatic heterocycles. The van der Waals surface area contributed by atoms with Gasteiger partial charge in [0.25, 0.3) is 0 Å². The molecule has 5 atom stereocenters. The fraction of sp³-hybridized carbons (Fsp3) is 0.963. The predicted octanol–water partition coefficient (Wildman–Crippen LogP) is 7.18. The van der Waals surface area contributed by atoms with Gasteiger partial charge >= 0.3 is 0 Å². The Balaban J connectivity index is 1.97. The molecule has 0 aliphatic heterocycles. The van der Waals surface area contributed by atoms with E-state index in [4.69, 9.17) is 8.85 Å². The lowest BCUT2D eigenvalue weighted by Gasteiger charge is -2.40. The third-order valence-corrected chi connectivity index (χ3v) is 18.9. The second kappa shape index (κ2) is 9.46. The molecule has 0 saturated heterocycles. The first-order valence-corrected chi connectivity index (χ1v) is 18.9. The van der Waals surface area contributed by atoms with Gasteiger partial charge in [-0.05, 0) is 78.7 Å². The highest BCUT2D eigenvalue weighted by Crippen LogP contribution is 2.60. The van der Waals surface area contributed by atoms with Crippen LogP contribution in [0.3, 0.4) is 0 Å². The van der Waals surface area contributed by atoms with Crippen LogP contribution in [0.4, 0.5) is 0 Å². The maximum Gasteiger partial charge on any atom is 0.192 e. The van der Waals surface area contributed by atoms with Crippen molar-refractivity contribution in [3.05, 3.63) is 0 Å². The summed E-state index contributed by atoms with van der Waals surface area (Å²) in [5.74, 6) is 1.01. The van der Waals surface area contributed by atoms with Crippen LogP contribution < -0.4 is 0 Å². The van der Waals surface area contributed by atoms with Gasteiger partial charge in [0.05, 0.1) is 12.7 Å². The summed E-state index contributed by atoms with van der Waals surface area (Å²) >= 11 is 0. The van der Waals surface area contributed by atoms with E-state index >= 15 is 0 Å². The molecular weight excluding hydrogens is 444 g/mol. The molecule has 2 aliphatic rings. The first-order chi connectivity index (χ1) is 14.6. The summed E-state index contributed by atoms with van der Waals surface area (Å²) in [5, 5.41) is 11.1. The molecule has 4 nitrogen and oxygen atoms in total. The fourth-order valence-electron chi connectivity index (χ4n) is 5.22. The highest BCUT2D eigenvalue weighted by molar-refractivity contribution is 6.74. The number of ketones is 1. The monoisotopic (exact) mass is 498 g/mol. The van der Waals surface area contributed by atoms with Crippen LogP contribution in [-0.2, 0) is 13.6 Å². The lowest BCUT2D eigenvalue weighted by Crippen LogP contribution is -2.43. The van der Waals surface area contributed by atoms with E-state index in [9.17, 15) is 9.90 Å². The Hall–Kier alpha value is -0.0162. The Labute approximate surface area is 206 Å².